The van der Waals surface area contributed by atoms with E-state index in [9.17, 15) is 10.1 Å². The lowest BCUT2D eigenvalue weighted by Crippen LogP contribution is -2.14. The van der Waals surface area contributed by atoms with E-state index in [0.29, 0.717) is 6.42 Å². The van der Waals surface area contributed by atoms with Crippen molar-refractivity contribution < 1.29 is 14.4 Å². The molecular weight excluding hydrogens is 390 g/mol. The Balaban J connectivity index is 2.12. The van der Waals surface area contributed by atoms with Crippen LogP contribution in [0.25, 0.3) is 0 Å². The molecule has 0 saturated carbocycles. The maximum Gasteiger partial charge on any atom is 0.270 e. The molecule has 5 nitrogen and oxygen atoms in total. The van der Waals surface area contributed by atoms with Gasteiger partial charge in [0.05, 0.1) is 19.1 Å². The predicted octanol–water partition coefficient (Wildman–Crippen LogP) is 6.35. The van der Waals surface area contributed by atoms with Crippen LogP contribution in [0.4, 0.5) is 5.69 Å². The molecule has 0 saturated heterocycles. The van der Waals surface area contributed by atoms with Crippen LogP contribution in [0.15, 0.2) is 24.3 Å². The lowest BCUT2D eigenvalue weighted by molar-refractivity contribution is -0.385. The highest BCUT2D eigenvalue weighted by atomic mass is 16.6. The number of fused-ring (bicyclic) bond motifs is 4. The molecule has 0 spiro atoms. The maximum atomic E-state index is 11.6. The fraction of sp³-hybridized carbons (Fsp3) is 0.538. The second kappa shape index (κ2) is 9.71. The van der Waals surface area contributed by atoms with Gasteiger partial charge in [-0.3, -0.25) is 10.1 Å². The number of nitro groups is 1. The zero-order chi connectivity index (χ0) is 22.6. The second-order valence-corrected chi connectivity index (χ2v) is 9.55. The number of nitrogens with zero attached hydrogens (tertiary/aromatic N) is 1. The van der Waals surface area contributed by atoms with E-state index >= 15 is 0 Å². The van der Waals surface area contributed by atoms with Crippen LogP contribution in [0, 0.1) is 10.1 Å². The van der Waals surface area contributed by atoms with Crippen molar-refractivity contribution >= 4 is 5.69 Å². The van der Waals surface area contributed by atoms with Crippen LogP contribution in [0.1, 0.15) is 74.3 Å². The summed E-state index contributed by atoms with van der Waals surface area (Å²) in [6, 6.07) is 7.92. The Morgan fingerprint density at radius 1 is 0.742 bits per heavy atom. The van der Waals surface area contributed by atoms with Crippen molar-refractivity contribution in [3.63, 3.8) is 0 Å². The highest BCUT2D eigenvalue weighted by Crippen LogP contribution is 2.36. The number of rotatable bonds is 3. The van der Waals surface area contributed by atoms with Crippen LogP contribution in [0.5, 0.6) is 11.5 Å². The van der Waals surface area contributed by atoms with E-state index in [1.807, 2.05) is 0 Å². The van der Waals surface area contributed by atoms with Gasteiger partial charge in [0.1, 0.15) is 11.5 Å². The number of nitro benzene ring substituents is 1. The first-order valence-corrected chi connectivity index (χ1v) is 11.3. The van der Waals surface area contributed by atoms with Gasteiger partial charge in [-0.25, -0.2) is 0 Å². The monoisotopic (exact) mass is 425 g/mol. The fourth-order valence-electron chi connectivity index (χ4n) is 4.55. The van der Waals surface area contributed by atoms with Gasteiger partial charge in [-0.15, -0.1) is 0 Å². The number of hydrogen-bond donors (Lipinski definition) is 0. The van der Waals surface area contributed by atoms with Crippen LogP contribution in [-0.4, -0.2) is 19.1 Å². The van der Waals surface area contributed by atoms with E-state index < -0.39 is 0 Å². The van der Waals surface area contributed by atoms with Crippen LogP contribution in [0.3, 0.4) is 0 Å². The van der Waals surface area contributed by atoms with Crippen molar-refractivity contribution in [2.24, 2.45) is 0 Å². The van der Waals surface area contributed by atoms with E-state index in [4.69, 9.17) is 9.47 Å². The normalized spacial score (nSPS) is 15.1. The molecule has 2 aromatic carbocycles. The molecule has 1 aliphatic rings. The molecule has 0 aromatic heterocycles. The Hall–Kier alpha value is -2.56. The summed E-state index contributed by atoms with van der Waals surface area (Å²) in [6.07, 6.45) is 7.57. The summed E-state index contributed by atoms with van der Waals surface area (Å²) in [4.78, 5) is 11.3. The van der Waals surface area contributed by atoms with Gasteiger partial charge in [-0.1, -0.05) is 45.7 Å². The van der Waals surface area contributed by atoms with E-state index in [2.05, 4.69) is 32.9 Å². The SMILES string of the molecule is COc1c2cc([N+](=O)[O-])cc1CCc1cc(C(C)(C)C)cc(c1OC)CCCCCC2. The molecule has 0 fully saturated rings. The molecule has 168 valence electrons. The van der Waals surface area contributed by atoms with Crippen LogP contribution >= 0.6 is 0 Å². The number of benzene rings is 2. The predicted molar refractivity (Wildman–Crippen MR) is 125 cm³/mol. The zero-order valence-corrected chi connectivity index (χ0v) is 19.5. The first-order chi connectivity index (χ1) is 14.7. The first-order valence-electron chi connectivity index (χ1n) is 11.3. The molecule has 5 heteroatoms. The minimum Gasteiger partial charge on any atom is -0.496 e. The number of methoxy groups -OCH3 is 2. The highest BCUT2D eigenvalue weighted by Gasteiger charge is 2.22. The average molecular weight is 426 g/mol. The molecule has 0 amide bonds. The summed E-state index contributed by atoms with van der Waals surface area (Å²) in [5, 5.41) is 11.6. The molecule has 0 aliphatic heterocycles. The van der Waals surface area contributed by atoms with Crippen LogP contribution < -0.4 is 9.47 Å². The molecule has 0 radical (unpaired) electrons. The van der Waals surface area contributed by atoms with Crippen molar-refractivity contribution in [3.8, 4) is 11.5 Å². The van der Waals surface area contributed by atoms with E-state index in [-0.39, 0.29) is 16.0 Å². The molecule has 3 rings (SSSR count). The topological polar surface area (TPSA) is 61.6 Å². The quantitative estimate of drug-likeness (QED) is 0.424. The van der Waals surface area contributed by atoms with E-state index in [1.165, 1.54) is 11.1 Å². The molecule has 0 unspecified atom stereocenters. The Morgan fingerprint density at radius 3 is 1.58 bits per heavy atom. The third-order valence-corrected chi connectivity index (χ3v) is 6.26. The average Bonchev–Trinajstić information content (AvgIpc) is 2.72. The van der Waals surface area contributed by atoms with Gasteiger partial charge in [0.15, 0.2) is 0 Å². The molecule has 1 aliphatic carbocycles. The Bertz CT molecular complexity index is 943. The number of hydrogen-bond acceptors (Lipinski definition) is 4. The van der Waals surface area contributed by atoms with Crippen molar-refractivity contribution in [3.05, 3.63) is 62.2 Å². The first kappa shape index (κ1) is 23.1. The molecular formula is C26H35NO4. The summed E-state index contributed by atoms with van der Waals surface area (Å²) >= 11 is 0. The number of non-ortho nitro benzene ring substituents is 1. The smallest absolute Gasteiger partial charge is 0.270 e. The minimum absolute atomic E-state index is 0.0393. The zero-order valence-electron chi connectivity index (χ0n) is 19.5. The molecule has 0 N–H and O–H groups in total. The minimum atomic E-state index is -0.297. The fourth-order valence-corrected chi connectivity index (χ4v) is 4.55. The summed E-state index contributed by atoms with van der Waals surface area (Å²) in [6.45, 7) is 6.70. The molecule has 4 bridgehead atoms. The van der Waals surface area contributed by atoms with Gasteiger partial charge in [0.25, 0.3) is 5.69 Å². The Morgan fingerprint density at radius 2 is 1.16 bits per heavy atom. The largest absolute Gasteiger partial charge is 0.496 e. The summed E-state index contributed by atoms with van der Waals surface area (Å²) < 4.78 is 11.6. The lowest BCUT2D eigenvalue weighted by Gasteiger charge is -2.24. The van der Waals surface area contributed by atoms with E-state index in [1.54, 1.807) is 26.4 Å². The highest BCUT2D eigenvalue weighted by molar-refractivity contribution is 5.52. The van der Waals surface area contributed by atoms with Gasteiger partial charge < -0.3 is 9.47 Å². The summed E-state index contributed by atoms with van der Waals surface area (Å²) in [7, 11) is 3.41. The third kappa shape index (κ3) is 5.38. The summed E-state index contributed by atoms with van der Waals surface area (Å²) in [5.74, 6) is 1.77. The van der Waals surface area contributed by atoms with Crippen molar-refractivity contribution in [1.82, 2.24) is 0 Å². The standard InChI is InChI=1S/C26H35NO4/c1-26(2,3)22-14-18-10-8-6-7-9-11-19-16-23(27(28)29)17-21(25(19)31-5)13-12-20(15-22)24(18)30-4/h14-17H,6-13H2,1-5H3. The van der Waals surface area contributed by atoms with Gasteiger partial charge in [0.2, 0.25) is 0 Å². The Kier molecular flexibility index (Phi) is 7.24. The molecule has 31 heavy (non-hydrogen) atoms. The van der Waals surface area contributed by atoms with Crippen molar-refractivity contribution in [1.29, 1.82) is 0 Å². The molecule has 0 heterocycles. The van der Waals surface area contributed by atoms with E-state index in [0.717, 1.165) is 73.1 Å². The van der Waals surface area contributed by atoms with Crippen LogP contribution in [0.2, 0.25) is 0 Å². The molecule has 0 atom stereocenters. The van der Waals surface area contributed by atoms with Gasteiger partial charge in [-0.05, 0) is 60.6 Å². The van der Waals surface area contributed by atoms with Gasteiger partial charge in [0, 0.05) is 23.3 Å². The van der Waals surface area contributed by atoms with Crippen molar-refractivity contribution in [2.75, 3.05) is 14.2 Å². The summed E-state index contributed by atoms with van der Waals surface area (Å²) in [5.41, 5.74) is 5.77. The second-order valence-electron chi connectivity index (χ2n) is 9.55. The van der Waals surface area contributed by atoms with Gasteiger partial charge in [-0.2, -0.15) is 0 Å². The van der Waals surface area contributed by atoms with Crippen molar-refractivity contribution in [2.45, 2.75) is 77.6 Å². The maximum absolute atomic E-state index is 11.6. The lowest BCUT2D eigenvalue weighted by atomic mass is 9.83. The Labute approximate surface area is 185 Å². The van der Waals surface area contributed by atoms with Crippen LogP contribution in [-0.2, 0) is 31.1 Å². The third-order valence-electron chi connectivity index (χ3n) is 6.26. The number of ether oxygens (including phenoxy) is 2. The molecule has 2 aromatic rings. The number of aryl methyl sites for hydroxylation is 4. The van der Waals surface area contributed by atoms with Gasteiger partial charge >= 0.3 is 0 Å².